The van der Waals surface area contributed by atoms with Crippen LogP contribution in [0.3, 0.4) is 0 Å². The van der Waals surface area contributed by atoms with Crippen LogP contribution in [0.5, 0.6) is 0 Å². The van der Waals surface area contributed by atoms with Crippen LogP contribution in [0.1, 0.15) is 90.9 Å². The quantitative estimate of drug-likeness (QED) is 0.183. The Morgan fingerprint density at radius 1 is 0.700 bits per heavy atom. The summed E-state index contributed by atoms with van der Waals surface area (Å²) in [6.07, 6.45) is 13.6. The Kier molecular flexibility index (Phi) is 17.1. The molecule has 0 heterocycles. The van der Waals surface area contributed by atoms with Crippen molar-refractivity contribution in [2.45, 2.75) is 95.8 Å². The standard InChI is InChI=1S/C18H30O3S.C4H10O3S/c1-2-3-4-5-6-7-8-9-10-14-17-21-22(19,20)18-15-12-11-13-16-18;1-2-3-4-8(5,6)7/h11-13,15-16H,2-10,14,17H2,1H3;2-4H2,1H3,(H,5,6,7). The molecule has 0 bridgehead atoms. The minimum absolute atomic E-state index is 0.108. The molecule has 0 radical (unpaired) electrons. The zero-order chi connectivity index (χ0) is 22.7. The zero-order valence-electron chi connectivity index (χ0n) is 18.6. The van der Waals surface area contributed by atoms with Gasteiger partial charge in [0.2, 0.25) is 0 Å². The molecule has 0 fully saturated rings. The van der Waals surface area contributed by atoms with E-state index in [4.69, 9.17) is 8.74 Å². The van der Waals surface area contributed by atoms with Crippen molar-refractivity contribution in [1.29, 1.82) is 0 Å². The van der Waals surface area contributed by atoms with E-state index < -0.39 is 20.2 Å². The van der Waals surface area contributed by atoms with Gasteiger partial charge in [-0.05, 0) is 25.0 Å². The second kappa shape index (κ2) is 17.7. The zero-order valence-corrected chi connectivity index (χ0v) is 20.2. The first-order chi connectivity index (χ1) is 14.2. The van der Waals surface area contributed by atoms with Gasteiger partial charge in [0.1, 0.15) is 0 Å². The van der Waals surface area contributed by atoms with Crippen LogP contribution in [-0.2, 0) is 24.4 Å². The first-order valence-corrected chi connectivity index (χ1v) is 14.1. The van der Waals surface area contributed by atoms with Crippen molar-refractivity contribution in [3.05, 3.63) is 30.3 Å². The Hall–Kier alpha value is -0.960. The van der Waals surface area contributed by atoms with Gasteiger partial charge in [-0.3, -0.25) is 8.74 Å². The van der Waals surface area contributed by atoms with E-state index >= 15 is 0 Å². The molecule has 8 heteroatoms. The number of hydrogen-bond donors (Lipinski definition) is 1. The molecule has 0 aliphatic heterocycles. The monoisotopic (exact) mass is 464 g/mol. The molecule has 0 spiro atoms. The number of rotatable bonds is 16. The van der Waals surface area contributed by atoms with Gasteiger partial charge in [0.05, 0.1) is 17.3 Å². The molecular formula is C22H40O6S2. The molecule has 30 heavy (non-hydrogen) atoms. The summed E-state index contributed by atoms with van der Waals surface area (Å²) >= 11 is 0. The molecule has 1 aromatic rings. The van der Waals surface area contributed by atoms with Gasteiger partial charge in [0, 0.05) is 0 Å². The van der Waals surface area contributed by atoms with E-state index in [9.17, 15) is 16.8 Å². The van der Waals surface area contributed by atoms with E-state index in [0.29, 0.717) is 6.42 Å². The van der Waals surface area contributed by atoms with E-state index in [1.54, 1.807) is 30.3 Å². The lowest BCUT2D eigenvalue weighted by Gasteiger charge is -2.05. The Morgan fingerprint density at radius 2 is 1.17 bits per heavy atom. The molecule has 0 atom stereocenters. The molecule has 1 aromatic carbocycles. The van der Waals surface area contributed by atoms with Crippen LogP contribution in [0, 0.1) is 0 Å². The van der Waals surface area contributed by atoms with Crippen molar-refractivity contribution in [2.24, 2.45) is 0 Å². The van der Waals surface area contributed by atoms with Crippen molar-refractivity contribution >= 4 is 20.2 Å². The Bertz CT molecular complexity index is 715. The van der Waals surface area contributed by atoms with Crippen LogP contribution in [0.15, 0.2) is 35.2 Å². The summed E-state index contributed by atoms with van der Waals surface area (Å²) in [5.41, 5.74) is 0. The van der Waals surface area contributed by atoms with Gasteiger partial charge in [-0.15, -0.1) is 0 Å². The lowest BCUT2D eigenvalue weighted by atomic mass is 10.1. The van der Waals surface area contributed by atoms with Crippen LogP contribution in [0.4, 0.5) is 0 Å². The summed E-state index contributed by atoms with van der Waals surface area (Å²) in [5, 5.41) is 0. The maximum atomic E-state index is 11.9. The predicted molar refractivity (Wildman–Crippen MR) is 123 cm³/mol. The third-order valence-corrected chi connectivity index (χ3v) is 6.66. The summed E-state index contributed by atoms with van der Waals surface area (Å²) in [6.45, 7) is 4.39. The van der Waals surface area contributed by atoms with Gasteiger partial charge in [0.25, 0.3) is 20.2 Å². The highest BCUT2D eigenvalue weighted by Gasteiger charge is 2.13. The van der Waals surface area contributed by atoms with Crippen molar-refractivity contribution < 1.29 is 25.6 Å². The van der Waals surface area contributed by atoms with E-state index in [1.165, 1.54) is 51.4 Å². The molecule has 0 saturated carbocycles. The first kappa shape index (κ1) is 29.0. The molecule has 0 aromatic heterocycles. The van der Waals surface area contributed by atoms with E-state index in [0.717, 1.165) is 19.3 Å². The van der Waals surface area contributed by atoms with Crippen LogP contribution < -0.4 is 0 Å². The van der Waals surface area contributed by atoms with Crippen molar-refractivity contribution in [1.82, 2.24) is 0 Å². The predicted octanol–water partition coefficient (Wildman–Crippen LogP) is 5.99. The van der Waals surface area contributed by atoms with E-state index in [-0.39, 0.29) is 17.3 Å². The Balaban J connectivity index is 0.000000890. The maximum absolute atomic E-state index is 11.9. The average Bonchev–Trinajstić information content (AvgIpc) is 2.71. The molecule has 6 nitrogen and oxygen atoms in total. The van der Waals surface area contributed by atoms with Crippen molar-refractivity contribution in [2.75, 3.05) is 12.4 Å². The van der Waals surface area contributed by atoms with Gasteiger partial charge >= 0.3 is 0 Å². The number of benzene rings is 1. The van der Waals surface area contributed by atoms with E-state index in [2.05, 4.69) is 6.92 Å². The second-order valence-corrected chi connectivity index (χ2v) is 10.6. The highest BCUT2D eigenvalue weighted by atomic mass is 32.2. The minimum Gasteiger partial charge on any atom is -0.286 e. The molecule has 0 aliphatic rings. The number of hydrogen-bond acceptors (Lipinski definition) is 5. The Morgan fingerprint density at radius 3 is 1.60 bits per heavy atom. The maximum Gasteiger partial charge on any atom is 0.296 e. The van der Waals surface area contributed by atoms with Gasteiger partial charge < -0.3 is 0 Å². The smallest absolute Gasteiger partial charge is 0.286 e. The molecule has 0 aliphatic carbocycles. The van der Waals surface area contributed by atoms with Crippen LogP contribution in [0.2, 0.25) is 0 Å². The van der Waals surface area contributed by atoms with Crippen molar-refractivity contribution in [3.63, 3.8) is 0 Å². The van der Waals surface area contributed by atoms with Gasteiger partial charge in [-0.2, -0.15) is 16.8 Å². The fraction of sp³-hybridized carbons (Fsp3) is 0.727. The molecule has 1 N–H and O–H groups in total. The highest BCUT2D eigenvalue weighted by Crippen LogP contribution is 2.13. The lowest BCUT2D eigenvalue weighted by Crippen LogP contribution is -2.07. The summed E-state index contributed by atoms with van der Waals surface area (Å²) in [7, 11) is -7.26. The highest BCUT2D eigenvalue weighted by molar-refractivity contribution is 7.86. The van der Waals surface area contributed by atoms with Crippen LogP contribution in [0.25, 0.3) is 0 Å². The molecular weight excluding hydrogens is 424 g/mol. The van der Waals surface area contributed by atoms with Gasteiger partial charge in [-0.1, -0.05) is 96.3 Å². The average molecular weight is 465 g/mol. The molecule has 0 amide bonds. The van der Waals surface area contributed by atoms with Gasteiger partial charge in [0.15, 0.2) is 0 Å². The van der Waals surface area contributed by atoms with Crippen LogP contribution >= 0.6 is 0 Å². The normalized spacial score (nSPS) is 11.7. The van der Waals surface area contributed by atoms with E-state index in [1.807, 2.05) is 6.92 Å². The lowest BCUT2D eigenvalue weighted by molar-refractivity contribution is 0.306. The van der Waals surface area contributed by atoms with Crippen molar-refractivity contribution in [3.8, 4) is 0 Å². The number of unbranched alkanes of at least 4 members (excludes halogenated alkanes) is 10. The fourth-order valence-electron chi connectivity index (χ4n) is 2.74. The summed E-state index contributed by atoms with van der Waals surface area (Å²) in [6, 6.07) is 8.33. The Labute approximate surface area is 184 Å². The minimum atomic E-state index is -3.69. The summed E-state index contributed by atoms with van der Waals surface area (Å²) < 4.78 is 56.8. The summed E-state index contributed by atoms with van der Waals surface area (Å²) in [5.74, 6) is -0.108. The fourth-order valence-corrected chi connectivity index (χ4v) is 4.36. The third kappa shape index (κ3) is 17.9. The molecule has 0 unspecified atom stereocenters. The summed E-state index contributed by atoms with van der Waals surface area (Å²) in [4.78, 5) is 0.238. The first-order valence-electron chi connectivity index (χ1n) is 11.1. The second-order valence-electron chi connectivity index (χ2n) is 7.41. The molecule has 1 rings (SSSR count). The van der Waals surface area contributed by atoms with Gasteiger partial charge in [-0.25, -0.2) is 0 Å². The SMILES string of the molecule is CCCCCCCCCCCCOS(=O)(=O)c1ccccc1.CCCCS(=O)(=O)O. The third-order valence-electron chi connectivity index (χ3n) is 4.52. The molecule has 176 valence electrons. The topological polar surface area (TPSA) is 97.7 Å². The van der Waals surface area contributed by atoms with Crippen LogP contribution in [-0.4, -0.2) is 33.7 Å². The molecule has 0 saturated heterocycles. The largest absolute Gasteiger partial charge is 0.296 e.